The van der Waals surface area contributed by atoms with Crippen LogP contribution in [0.15, 0.2) is 10.6 Å². The van der Waals surface area contributed by atoms with Crippen molar-refractivity contribution in [1.82, 2.24) is 5.16 Å². The monoisotopic (exact) mass is 370 g/mol. The molecule has 1 heterocycles. The lowest BCUT2D eigenvalue weighted by atomic mass is 9.84. The zero-order valence-electron chi connectivity index (χ0n) is 14.7. The summed E-state index contributed by atoms with van der Waals surface area (Å²) in [4.78, 5) is 12.5. The van der Waals surface area contributed by atoms with E-state index in [1.807, 2.05) is 0 Å². The number of aliphatic hydroxyl groups is 1. The normalized spacial score (nSPS) is 20.6. The molecule has 8 heteroatoms. The molecule has 3 rings (SSSR count). The van der Waals surface area contributed by atoms with Crippen molar-refractivity contribution >= 4 is 21.6 Å². The summed E-state index contributed by atoms with van der Waals surface area (Å²) < 4.78 is 28.7. The van der Waals surface area contributed by atoms with Crippen molar-refractivity contribution in [3.63, 3.8) is 0 Å². The first kappa shape index (κ1) is 18.4. The molecule has 0 saturated heterocycles. The Bertz CT molecular complexity index is 743. The van der Waals surface area contributed by atoms with Gasteiger partial charge in [-0.25, -0.2) is 8.42 Å². The van der Waals surface area contributed by atoms with Gasteiger partial charge in [0.15, 0.2) is 9.84 Å². The number of anilines is 1. The molecular weight excluding hydrogens is 344 g/mol. The second-order valence-electron chi connectivity index (χ2n) is 7.91. The molecule has 1 aromatic rings. The van der Waals surface area contributed by atoms with Gasteiger partial charge in [0, 0.05) is 11.5 Å². The quantitative estimate of drug-likeness (QED) is 0.760. The third-order valence-corrected chi connectivity index (χ3v) is 8.28. The Labute approximate surface area is 148 Å². The molecule has 7 nitrogen and oxygen atoms in total. The van der Waals surface area contributed by atoms with E-state index in [0.29, 0.717) is 5.69 Å². The van der Waals surface area contributed by atoms with Gasteiger partial charge in [0.05, 0.1) is 18.1 Å². The van der Waals surface area contributed by atoms with Crippen LogP contribution in [0.4, 0.5) is 5.88 Å². The van der Waals surface area contributed by atoms with Crippen LogP contribution in [-0.4, -0.2) is 41.7 Å². The van der Waals surface area contributed by atoms with Crippen LogP contribution in [0.2, 0.25) is 0 Å². The van der Waals surface area contributed by atoms with Crippen LogP contribution in [0.25, 0.3) is 0 Å². The van der Waals surface area contributed by atoms with Gasteiger partial charge in [0.2, 0.25) is 11.8 Å². The van der Waals surface area contributed by atoms with E-state index in [2.05, 4.69) is 10.5 Å². The molecule has 0 spiro atoms. The van der Waals surface area contributed by atoms with Gasteiger partial charge in [-0.1, -0.05) is 18.0 Å². The molecule has 25 heavy (non-hydrogen) atoms. The molecule has 0 radical (unpaired) electrons. The highest BCUT2D eigenvalue weighted by atomic mass is 32.2. The van der Waals surface area contributed by atoms with Crippen LogP contribution in [0, 0.1) is 5.92 Å². The molecule has 0 atom stereocenters. The summed E-state index contributed by atoms with van der Waals surface area (Å²) in [5.41, 5.74) is 0.196. The van der Waals surface area contributed by atoms with Crippen molar-refractivity contribution in [1.29, 1.82) is 0 Å². The molecule has 2 aliphatic carbocycles. The van der Waals surface area contributed by atoms with Gasteiger partial charge in [0.1, 0.15) is 4.75 Å². The van der Waals surface area contributed by atoms with Gasteiger partial charge in [-0.05, 0) is 45.4 Å². The first-order valence-electron chi connectivity index (χ1n) is 8.82. The summed E-state index contributed by atoms with van der Waals surface area (Å²) in [7, 11) is -3.56. The predicted octanol–water partition coefficient (Wildman–Crippen LogP) is 2.02. The van der Waals surface area contributed by atoms with E-state index < -0.39 is 25.9 Å². The summed E-state index contributed by atoms with van der Waals surface area (Å²) in [5.74, 6) is -0.279. The second-order valence-corrected chi connectivity index (χ2v) is 10.5. The van der Waals surface area contributed by atoms with E-state index in [0.717, 1.165) is 38.5 Å². The van der Waals surface area contributed by atoms with Crippen LogP contribution in [0.5, 0.6) is 0 Å². The Balaban J connectivity index is 1.72. The Hall–Kier alpha value is -1.41. The Morgan fingerprint density at radius 2 is 2.04 bits per heavy atom. The summed E-state index contributed by atoms with van der Waals surface area (Å²) in [6, 6.07) is 1.60. The number of hydrogen-bond acceptors (Lipinski definition) is 6. The molecule has 2 aliphatic rings. The summed E-state index contributed by atoms with van der Waals surface area (Å²) >= 11 is 0. The molecule has 1 aromatic heterocycles. The van der Waals surface area contributed by atoms with E-state index in [1.54, 1.807) is 6.07 Å². The number of nitrogens with zero attached hydrogens (tertiary/aromatic N) is 1. The lowest BCUT2D eigenvalue weighted by Gasteiger charge is -2.23. The molecule has 140 valence electrons. The summed E-state index contributed by atoms with van der Waals surface area (Å²) in [5, 5.41) is 16.3. The van der Waals surface area contributed by atoms with Crippen molar-refractivity contribution in [2.24, 2.45) is 5.92 Å². The van der Waals surface area contributed by atoms with E-state index in [1.165, 1.54) is 13.8 Å². The maximum atomic E-state index is 12.5. The van der Waals surface area contributed by atoms with Gasteiger partial charge in [-0.15, -0.1) is 0 Å². The maximum absolute atomic E-state index is 12.5. The Morgan fingerprint density at radius 3 is 2.60 bits per heavy atom. The molecule has 2 N–H and O–H groups in total. The number of carbonyl (C=O) groups excluding carboxylic acids is 1. The van der Waals surface area contributed by atoms with Crippen molar-refractivity contribution in [3.8, 4) is 0 Å². The standard InChI is InChI=1S/C17H26N2O5S/c1-16(2,25(22,23)10-12-5-6-12)15(21)18-14-9-13(19-24-14)17(11-20)7-3-4-8-17/h9,12,20H,3-8,10-11H2,1-2H3,(H,18,21). The zero-order chi connectivity index (χ0) is 18.3. The van der Waals surface area contributed by atoms with Crippen LogP contribution < -0.4 is 5.32 Å². The predicted molar refractivity (Wildman–Crippen MR) is 93.0 cm³/mol. The number of aliphatic hydroxyl groups excluding tert-OH is 1. The van der Waals surface area contributed by atoms with E-state index in [4.69, 9.17) is 4.52 Å². The van der Waals surface area contributed by atoms with Gasteiger partial charge in [-0.3, -0.25) is 10.1 Å². The first-order chi connectivity index (χ1) is 11.7. The van der Waals surface area contributed by atoms with Crippen molar-refractivity contribution in [2.45, 2.75) is 62.5 Å². The average molecular weight is 370 g/mol. The largest absolute Gasteiger partial charge is 0.395 e. The highest BCUT2D eigenvalue weighted by Crippen LogP contribution is 2.41. The molecule has 0 aromatic carbocycles. The SMILES string of the molecule is CC(C)(C(=O)Nc1cc(C2(CO)CCCC2)no1)S(=O)(=O)CC1CC1. The maximum Gasteiger partial charge on any atom is 0.247 e. The topological polar surface area (TPSA) is 110 Å². The van der Waals surface area contributed by atoms with Crippen molar-refractivity contribution in [2.75, 3.05) is 17.7 Å². The zero-order valence-corrected chi connectivity index (χ0v) is 15.6. The van der Waals surface area contributed by atoms with Gasteiger partial charge in [-0.2, -0.15) is 0 Å². The lowest BCUT2D eigenvalue weighted by Crippen LogP contribution is -2.45. The smallest absolute Gasteiger partial charge is 0.247 e. The summed E-state index contributed by atoms with van der Waals surface area (Å²) in [6.07, 6.45) is 5.50. The third kappa shape index (κ3) is 3.46. The summed E-state index contributed by atoms with van der Waals surface area (Å²) in [6.45, 7) is 2.82. The molecular formula is C17H26N2O5S. The van der Waals surface area contributed by atoms with Crippen molar-refractivity contribution in [3.05, 3.63) is 11.8 Å². The number of sulfone groups is 1. The number of hydrogen-bond donors (Lipinski definition) is 2. The first-order valence-corrected chi connectivity index (χ1v) is 10.5. The van der Waals surface area contributed by atoms with Gasteiger partial charge < -0.3 is 9.63 Å². The fourth-order valence-corrected chi connectivity index (χ4v) is 5.04. The van der Waals surface area contributed by atoms with E-state index in [-0.39, 0.29) is 24.2 Å². The minimum absolute atomic E-state index is 0.0197. The average Bonchev–Trinajstić information content (AvgIpc) is 3.04. The molecule has 1 amide bonds. The minimum Gasteiger partial charge on any atom is -0.395 e. The van der Waals surface area contributed by atoms with E-state index in [9.17, 15) is 18.3 Å². The molecule has 2 saturated carbocycles. The van der Waals surface area contributed by atoms with Crippen molar-refractivity contribution < 1.29 is 22.8 Å². The highest BCUT2D eigenvalue weighted by molar-refractivity contribution is 7.93. The number of aromatic nitrogens is 1. The number of carbonyl (C=O) groups is 1. The number of amides is 1. The van der Waals surface area contributed by atoms with Crippen LogP contribution >= 0.6 is 0 Å². The molecule has 0 unspecified atom stereocenters. The third-order valence-electron chi connectivity index (χ3n) is 5.63. The van der Waals surface area contributed by atoms with Crippen LogP contribution in [-0.2, 0) is 20.0 Å². The van der Waals surface area contributed by atoms with Gasteiger partial charge in [0.25, 0.3) is 0 Å². The lowest BCUT2D eigenvalue weighted by molar-refractivity contribution is -0.118. The Morgan fingerprint density at radius 1 is 1.40 bits per heavy atom. The number of nitrogens with one attached hydrogen (secondary N) is 1. The van der Waals surface area contributed by atoms with Gasteiger partial charge >= 0.3 is 0 Å². The number of rotatable bonds is 7. The fourth-order valence-electron chi connectivity index (χ4n) is 3.34. The molecule has 0 bridgehead atoms. The molecule has 0 aliphatic heterocycles. The molecule has 2 fully saturated rings. The minimum atomic E-state index is -3.56. The Kier molecular flexibility index (Phi) is 4.70. The van der Waals surface area contributed by atoms with Crippen LogP contribution in [0.1, 0.15) is 58.1 Å². The highest BCUT2D eigenvalue weighted by Gasteiger charge is 2.45. The fraction of sp³-hybridized carbons (Fsp3) is 0.765. The van der Waals surface area contributed by atoms with E-state index >= 15 is 0 Å². The second kappa shape index (κ2) is 6.39. The van der Waals surface area contributed by atoms with Crippen LogP contribution in [0.3, 0.4) is 0 Å².